The fraction of sp³-hybridized carbons (Fsp3) is 0.125. The van der Waals surface area contributed by atoms with Crippen molar-refractivity contribution < 1.29 is 19.1 Å². The van der Waals surface area contributed by atoms with Gasteiger partial charge in [0.25, 0.3) is 17.7 Å². The SMILES string of the molecule is CNC(=O)c1cccc(CNC(=O)c2cccc(COc3ccccc3C(N)=O)c2)c1. The Hall–Kier alpha value is -4.13. The third-order valence-electron chi connectivity index (χ3n) is 4.61. The first-order valence-electron chi connectivity index (χ1n) is 9.67. The number of carbonyl (C=O) groups excluding carboxylic acids is 3. The zero-order chi connectivity index (χ0) is 22.2. The van der Waals surface area contributed by atoms with Gasteiger partial charge in [-0.15, -0.1) is 0 Å². The van der Waals surface area contributed by atoms with Crippen LogP contribution in [0.2, 0.25) is 0 Å². The molecule has 158 valence electrons. The van der Waals surface area contributed by atoms with E-state index in [2.05, 4.69) is 10.6 Å². The zero-order valence-electron chi connectivity index (χ0n) is 17.1. The molecule has 31 heavy (non-hydrogen) atoms. The van der Waals surface area contributed by atoms with Crippen LogP contribution in [-0.2, 0) is 13.2 Å². The van der Waals surface area contributed by atoms with E-state index in [9.17, 15) is 14.4 Å². The van der Waals surface area contributed by atoms with Crippen LogP contribution >= 0.6 is 0 Å². The summed E-state index contributed by atoms with van der Waals surface area (Å²) in [5, 5.41) is 5.43. The lowest BCUT2D eigenvalue weighted by molar-refractivity contribution is 0.0948. The Labute approximate surface area is 180 Å². The van der Waals surface area contributed by atoms with Crippen molar-refractivity contribution >= 4 is 17.7 Å². The molecule has 0 aromatic heterocycles. The zero-order valence-corrected chi connectivity index (χ0v) is 17.1. The molecule has 0 saturated carbocycles. The molecule has 0 saturated heterocycles. The molecule has 0 aliphatic rings. The second-order valence-corrected chi connectivity index (χ2v) is 6.81. The Morgan fingerprint density at radius 3 is 2.19 bits per heavy atom. The molecule has 4 N–H and O–H groups in total. The Balaban J connectivity index is 1.63. The first-order chi connectivity index (χ1) is 15.0. The van der Waals surface area contributed by atoms with E-state index < -0.39 is 5.91 Å². The van der Waals surface area contributed by atoms with E-state index in [4.69, 9.17) is 10.5 Å². The second kappa shape index (κ2) is 10.1. The summed E-state index contributed by atoms with van der Waals surface area (Å²) in [6, 6.07) is 20.8. The highest BCUT2D eigenvalue weighted by atomic mass is 16.5. The molecule has 3 amide bonds. The average Bonchev–Trinajstić information content (AvgIpc) is 2.81. The number of hydrogen-bond donors (Lipinski definition) is 3. The predicted molar refractivity (Wildman–Crippen MR) is 117 cm³/mol. The molecule has 0 atom stereocenters. The molecule has 3 rings (SSSR count). The molecule has 3 aromatic carbocycles. The van der Waals surface area contributed by atoms with Crippen LogP contribution < -0.4 is 21.1 Å². The Kier molecular flexibility index (Phi) is 7.01. The molecular weight excluding hydrogens is 394 g/mol. The van der Waals surface area contributed by atoms with Crippen molar-refractivity contribution in [3.05, 3.63) is 101 Å². The number of benzene rings is 3. The number of amides is 3. The number of ether oxygens (including phenoxy) is 1. The molecule has 3 aromatic rings. The van der Waals surface area contributed by atoms with E-state index in [1.54, 1.807) is 67.7 Å². The first-order valence-corrected chi connectivity index (χ1v) is 9.67. The molecule has 0 aliphatic carbocycles. The summed E-state index contributed by atoms with van der Waals surface area (Å²) in [5.41, 5.74) is 8.27. The highest BCUT2D eigenvalue weighted by Crippen LogP contribution is 2.19. The number of carbonyl (C=O) groups is 3. The van der Waals surface area contributed by atoms with Crippen molar-refractivity contribution in [1.29, 1.82) is 0 Å². The van der Waals surface area contributed by atoms with Gasteiger partial charge in [-0.1, -0.05) is 36.4 Å². The molecule has 7 nitrogen and oxygen atoms in total. The lowest BCUT2D eigenvalue weighted by Crippen LogP contribution is -2.23. The van der Waals surface area contributed by atoms with E-state index in [0.29, 0.717) is 22.4 Å². The predicted octanol–water partition coefficient (Wildman–Crippen LogP) is 2.65. The molecule has 0 bridgehead atoms. The summed E-state index contributed by atoms with van der Waals surface area (Å²) in [6.07, 6.45) is 0. The Morgan fingerprint density at radius 1 is 0.839 bits per heavy atom. The topological polar surface area (TPSA) is 111 Å². The van der Waals surface area contributed by atoms with Gasteiger partial charge in [0.1, 0.15) is 12.4 Å². The lowest BCUT2D eigenvalue weighted by Gasteiger charge is -2.11. The minimum Gasteiger partial charge on any atom is -0.488 e. The third kappa shape index (κ3) is 5.70. The maximum absolute atomic E-state index is 12.6. The van der Waals surface area contributed by atoms with Crippen molar-refractivity contribution in [1.82, 2.24) is 10.6 Å². The molecule has 0 fully saturated rings. The largest absolute Gasteiger partial charge is 0.488 e. The van der Waals surface area contributed by atoms with Gasteiger partial charge < -0.3 is 21.1 Å². The number of rotatable bonds is 8. The highest BCUT2D eigenvalue weighted by molar-refractivity contribution is 5.96. The minimum atomic E-state index is -0.566. The molecule has 0 heterocycles. The Bertz CT molecular complexity index is 1110. The van der Waals surface area contributed by atoms with Gasteiger partial charge >= 0.3 is 0 Å². The molecule has 0 unspecified atom stereocenters. The van der Waals surface area contributed by atoms with Gasteiger partial charge in [0, 0.05) is 24.7 Å². The maximum Gasteiger partial charge on any atom is 0.252 e. The van der Waals surface area contributed by atoms with Crippen molar-refractivity contribution in [2.24, 2.45) is 5.73 Å². The van der Waals surface area contributed by atoms with Crippen molar-refractivity contribution in [3.63, 3.8) is 0 Å². The molecule has 0 spiro atoms. The number of nitrogens with two attached hydrogens (primary N) is 1. The summed E-state index contributed by atoms with van der Waals surface area (Å²) >= 11 is 0. The van der Waals surface area contributed by atoms with E-state index in [0.717, 1.165) is 11.1 Å². The number of hydrogen-bond acceptors (Lipinski definition) is 4. The van der Waals surface area contributed by atoms with Crippen LogP contribution in [0.25, 0.3) is 0 Å². The average molecular weight is 417 g/mol. The normalized spacial score (nSPS) is 10.2. The van der Waals surface area contributed by atoms with Crippen LogP contribution in [-0.4, -0.2) is 24.8 Å². The van der Waals surface area contributed by atoms with Crippen LogP contribution in [0, 0.1) is 0 Å². The smallest absolute Gasteiger partial charge is 0.252 e. The van der Waals surface area contributed by atoms with Crippen molar-refractivity contribution in [2.45, 2.75) is 13.2 Å². The van der Waals surface area contributed by atoms with Gasteiger partial charge in [-0.3, -0.25) is 14.4 Å². The van der Waals surface area contributed by atoms with Gasteiger partial charge in [-0.2, -0.15) is 0 Å². The van der Waals surface area contributed by atoms with Crippen LogP contribution in [0.15, 0.2) is 72.8 Å². The second-order valence-electron chi connectivity index (χ2n) is 6.81. The fourth-order valence-corrected chi connectivity index (χ4v) is 3.01. The lowest BCUT2D eigenvalue weighted by atomic mass is 10.1. The van der Waals surface area contributed by atoms with Crippen molar-refractivity contribution in [3.8, 4) is 5.75 Å². The monoisotopic (exact) mass is 417 g/mol. The Morgan fingerprint density at radius 2 is 1.48 bits per heavy atom. The molecule has 7 heteroatoms. The summed E-state index contributed by atoms with van der Waals surface area (Å²) in [7, 11) is 1.57. The van der Waals surface area contributed by atoms with E-state index >= 15 is 0 Å². The number of primary amides is 1. The summed E-state index contributed by atoms with van der Waals surface area (Å²) in [6.45, 7) is 0.468. The highest BCUT2D eigenvalue weighted by Gasteiger charge is 2.10. The molecule has 0 radical (unpaired) electrons. The summed E-state index contributed by atoms with van der Waals surface area (Å²) in [4.78, 5) is 35.8. The fourth-order valence-electron chi connectivity index (χ4n) is 3.01. The van der Waals surface area contributed by atoms with Gasteiger partial charge in [0.05, 0.1) is 5.56 Å². The van der Waals surface area contributed by atoms with E-state index in [1.165, 1.54) is 0 Å². The standard InChI is InChI=1S/C24H23N3O4/c1-26-23(29)18-8-4-6-16(12-18)14-27-24(30)19-9-5-7-17(13-19)15-31-21-11-3-2-10-20(21)22(25)28/h2-13H,14-15H2,1H3,(H2,25,28)(H,26,29)(H,27,30). The van der Waals surface area contributed by atoms with E-state index in [1.807, 2.05) is 12.1 Å². The minimum absolute atomic E-state index is 0.180. The van der Waals surface area contributed by atoms with Crippen LogP contribution in [0.4, 0.5) is 0 Å². The third-order valence-corrected chi connectivity index (χ3v) is 4.61. The summed E-state index contributed by atoms with van der Waals surface area (Å²) < 4.78 is 5.72. The maximum atomic E-state index is 12.6. The van der Waals surface area contributed by atoms with Gasteiger partial charge in [-0.05, 0) is 47.5 Å². The first kappa shape index (κ1) is 21.6. The molecular formula is C24H23N3O4. The molecule has 0 aliphatic heterocycles. The number of nitrogens with one attached hydrogen (secondary N) is 2. The van der Waals surface area contributed by atoms with Crippen LogP contribution in [0.1, 0.15) is 42.2 Å². The van der Waals surface area contributed by atoms with Crippen molar-refractivity contribution in [2.75, 3.05) is 7.05 Å². The number of para-hydroxylation sites is 1. The van der Waals surface area contributed by atoms with E-state index in [-0.39, 0.29) is 25.0 Å². The quantitative estimate of drug-likeness (QED) is 0.523. The van der Waals surface area contributed by atoms with Crippen LogP contribution in [0.5, 0.6) is 5.75 Å². The van der Waals surface area contributed by atoms with Gasteiger partial charge in [0.15, 0.2) is 0 Å². The van der Waals surface area contributed by atoms with Gasteiger partial charge in [0.2, 0.25) is 0 Å². The van der Waals surface area contributed by atoms with Gasteiger partial charge in [-0.25, -0.2) is 0 Å². The van der Waals surface area contributed by atoms with Crippen LogP contribution in [0.3, 0.4) is 0 Å². The summed E-state index contributed by atoms with van der Waals surface area (Å²) in [5.74, 6) is -0.603.